The molecule has 26 heavy (non-hydrogen) atoms. The summed E-state index contributed by atoms with van der Waals surface area (Å²) >= 11 is 6.52. The molecule has 0 spiro atoms. The molecule has 1 aliphatic rings. The van der Waals surface area contributed by atoms with Gasteiger partial charge in [0.05, 0.1) is 22.1 Å². The van der Waals surface area contributed by atoms with Crippen LogP contribution in [-0.2, 0) is 4.79 Å². The van der Waals surface area contributed by atoms with Gasteiger partial charge >= 0.3 is 0 Å². The van der Waals surface area contributed by atoms with Crippen LogP contribution in [0, 0.1) is 10.1 Å². The molecule has 0 N–H and O–H groups in total. The number of hydrogen-bond acceptors (Lipinski definition) is 6. The number of nitro groups is 1. The first-order valence-corrected chi connectivity index (χ1v) is 8.98. The van der Waals surface area contributed by atoms with Gasteiger partial charge in [0, 0.05) is 12.1 Å². The Kier molecular flexibility index (Phi) is 5.34. The smallest absolute Gasteiger partial charge is 0.270 e. The van der Waals surface area contributed by atoms with Crippen LogP contribution in [0.4, 0.5) is 11.4 Å². The number of carbonyl (C=O) groups excluding carboxylic acids is 1. The number of non-ortho nitro benzene ring substituents is 1. The van der Waals surface area contributed by atoms with Crippen LogP contribution >= 0.6 is 24.0 Å². The first kappa shape index (κ1) is 18.1. The van der Waals surface area contributed by atoms with Gasteiger partial charge in [0.1, 0.15) is 5.75 Å². The standard InChI is InChI=1S/C18H14N2O4S2/c1-2-24-15-9-4-3-8-14(15)19-17(21)16(26-18(19)25)11-12-6-5-7-13(10-12)20(22)23/h3-11H,2H2,1H3. The summed E-state index contributed by atoms with van der Waals surface area (Å²) in [7, 11) is 0. The first-order valence-electron chi connectivity index (χ1n) is 7.75. The Morgan fingerprint density at radius 2 is 2.04 bits per heavy atom. The third-order valence-corrected chi connectivity index (χ3v) is 4.88. The highest BCUT2D eigenvalue weighted by molar-refractivity contribution is 8.27. The Bertz CT molecular complexity index is 927. The quantitative estimate of drug-likeness (QED) is 0.328. The number of nitrogens with zero attached hydrogens (tertiary/aromatic N) is 2. The molecule has 0 aromatic heterocycles. The monoisotopic (exact) mass is 386 g/mol. The number of thioether (sulfide) groups is 1. The van der Waals surface area contributed by atoms with Crippen molar-refractivity contribution < 1.29 is 14.5 Å². The Labute approximate surface area is 159 Å². The molecular formula is C18H14N2O4S2. The number of hydrogen-bond donors (Lipinski definition) is 0. The molecule has 6 nitrogen and oxygen atoms in total. The lowest BCUT2D eigenvalue weighted by Crippen LogP contribution is -2.28. The maximum absolute atomic E-state index is 12.9. The van der Waals surface area contributed by atoms with Crippen LogP contribution < -0.4 is 9.64 Å². The molecule has 2 aromatic rings. The number of nitro benzene ring substituents is 1. The topological polar surface area (TPSA) is 72.7 Å². The van der Waals surface area contributed by atoms with Crippen molar-refractivity contribution in [2.45, 2.75) is 6.92 Å². The second-order valence-electron chi connectivity index (χ2n) is 5.27. The number of ether oxygens (including phenoxy) is 1. The molecule has 0 saturated carbocycles. The molecule has 1 saturated heterocycles. The average molecular weight is 386 g/mol. The van der Waals surface area contributed by atoms with Crippen LogP contribution in [0.2, 0.25) is 0 Å². The van der Waals surface area contributed by atoms with Gasteiger partial charge in [0.25, 0.3) is 11.6 Å². The fourth-order valence-electron chi connectivity index (χ4n) is 2.47. The third kappa shape index (κ3) is 3.61. The van der Waals surface area contributed by atoms with Crippen molar-refractivity contribution in [1.82, 2.24) is 0 Å². The molecule has 0 unspecified atom stereocenters. The summed E-state index contributed by atoms with van der Waals surface area (Å²) in [5, 5.41) is 10.9. The zero-order valence-corrected chi connectivity index (χ0v) is 15.4. The van der Waals surface area contributed by atoms with Gasteiger partial charge in [0.15, 0.2) is 4.32 Å². The van der Waals surface area contributed by atoms with Crippen molar-refractivity contribution in [3.05, 3.63) is 69.1 Å². The predicted octanol–water partition coefficient (Wildman–Crippen LogP) is 4.40. The van der Waals surface area contributed by atoms with Crippen LogP contribution in [0.15, 0.2) is 53.4 Å². The van der Waals surface area contributed by atoms with Crippen molar-refractivity contribution in [2.24, 2.45) is 0 Å². The molecule has 8 heteroatoms. The maximum Gasteiger partial charge on any atom is 0.270 e. The Morgan fingerprint density at radius 3 is 2.77 bits per heavy atom. The molecule has 1 aliphatic heterocycles. The molecule has 1 amide bonds. The minimum absolute atomic E-state index is 0.0316. The molecule has 0 bridgehead atoms. The van der Waals surface area contributed by atoms with Crippen LogP contribution in [-0.4, -0.2) is 21.8 Å². The van der Waals surface area contributed by atoms with Gasteiger partial charge in [-0.05, 0) is 30.7 Å². The Balaban J connectivity index is 1.95. The van der Waals surface area contributed by atoms with E-state index in [0.717, 1.165) is 11.8 Å². The fraction of sp³-hybridized carbons (Fsp3) is 0.111. The van der Waals surface area contributed by atoms with E-state index in [1.54, 1.807) is 36.4 Å². The van der Waals surface area contributed by atoms with Crippen LogP contribution in [0.5, 0.6) is 5.75 Å². The highest BCUT2D eigenvalue weighted by Gasteiger charge is 2.34. The second-order valence-corrected chi connectivity index (χ2v) is 6.95. The fourth-order valence-corrected chi connectivity index (χ4v) is 3.76. The van der Waals surface area contributed by atoms with Gasteiger partial charge < -0.3 is 4.74 Å². The van der Waals surface area contributed by atoms with Crippen molar-refractivity contribution in [2.75, 3.05) is 11.5 Å². The number of rotatable bonds is 5. The van der Waals surface area contributed by atoms with E-state index in [1.807, 2.05) is 13.0 Å². The zero-order chi connectivity index (χ0) is 18.7. The number of benzene rings is 2. The summed E-state index contributed by atoms with van der Waals surface area (Å²) in [6, 6.07) is 13.3. The largest absolute Gasteiger partial charge is 0.492 e. The molecule has 132 valence electrons. The van der Waals surface area contributed by atoms with Crippen LogP contribution in [0.1, 0.15) is 12.5 Å². The highest BCUT2D eigenvalue weighted by Crippen LogP contribution is 2.39. The minimum Gasteiger partial charge on any atom is -0.492 e. The normalized spacial score (nSPS) is 15.6. The van der Waals surface area contributed by atoms with Gasteiger partial charge in [-0.25, -0.2) is 0 Å². The molecule has 0 radical (unpaired) electrons. The number of para-hydroxylation sites is 2. The number of anilines is 1. The lowest BCUT2D eigenvalue weighted by molar-refractivity contribution is -0.384. The molecule has 2 aromatic carbocycles. The van der Waals surface area contributed by atoms with Crippen molar-refractivity contribution in [3.8, 4) is 5.75 Å². The van der Waals surface area contributed by atoms with E-state index < -0.39 is 4.92 Å². The summed E-state index contributed by atoms with van der Waals surface area (Å²) in [4.78, 5) is 25.1. The molecule has 0 atom stereocenters. The summed E-state index contributed by atoms with van der Waals surface area (Å²) in [6.07, 6.45) is 1.61. The lowest BCUT2D eigenvalue weighted by Gasteiger charge is -2.18. The lowest BCUT2D eigenvalue weighted by atomic mass is 10.2. The summed E-state index contributed by atoms with van der Waals surface area (Å²) in [5.41, 5.74) is 1.12. The van der Waals surface area contributed by atoms with Gasteiger partial charge in [0.2, 0.25) is 0 Å². The Hall–Kier alpha value is -2.71. The molecule has 0 aliphatic carbocycles. The van der Waals surface area contributed by atoms with Crippen LogP contribution in [0.25, 0.3) is 6.08 Å². The Morgan fingerprint density at radius 1 is 1.27 bits per heavy atom. The van der Waals surface area contributed by atoms with E-state index in [1.165, 1.54) is 17.0 Å². The maximum atomic E-state index is 12.9. The molecular weight excluding hydrogens is 372 g/mol. The number of carbonyl (C=O) groups is 1. The second kappa shape index (κ2) is 7.67. The number of amides is 1. The first-order chi connectivity index (χ1) is 12.5. The van der Waals surface area contributed by atoms with E-state index in [2.05, 4.69) is 0 Å². The summed E-state index contributed by atoms with van der Waals surface area (Å²) < 4.78 is 5.97. The molecule has 1 fully saturated rings. The van der Waals surface area contributed by atoms with Crippen molar-refractivity contribution in [1.29, 1.82) is 0 Å². The summed E-state index contributed by atoms with van der Waals surface area (Å²) in [5.74, 6) is 0.293. The van der Waals surface area contributed by atoms with E-state index >= 15 is 0 Å². The van der Waals surface area contributed by atoms with Gasteiger partial charge in [-0.2, -0.15) is 0 Å². The minimum atomic E-state index is -0.471. The van der Waals surface area contributed by atoms with E-state index in [0.29, 0.717) is 32.8 Å². The number of thiocarbonyl (C=S) groups is 1. The predicted molar refractivity (Wildman–Crippen MR) is 106 cm³/mol. The van der Waals surface area contributed by atoms with E-state index in [-0.39, 0.29) is 11.6 Å². The van der Waals surface area contributed by atoms with Crippen molar-refractivity contribution in [3.63, 3.8) is 0 Å². The highest BCUT2D eigenvalue weighted by atomic mass is 32.2. The van der Waals surface area contributed by atoms with E-state index in [4.69, 9.17) is 17.0 Å². The zero-order valence-electron chi connectivity index (χ0n) is 13.7. The van der Waals surface area contributed by atoms with Crippen molar-refractivity contribution >= 4 is 51.7 Å². The SMILES string of the molecule is CCOc1ccccc1N1C(=O)C(=Cc2cccc([N+](=O)[O-])c2)SC1=S. The van der Waals surface area contributed by atoms with Crippen LogP contribution in [0.3, 0.4) is 0 Å². The summed E-state index contributed by atoms with van der Waals surface area (Å²) in [6.45, 7) is 2.33. The average Bonchev–Trinajstić information content (AvgIpc) is 2.89. The van der Waals surface area contributed by atoms with Gasteiger partial charge in [-0.3, -0.25) is 19.8 Å². The van der Waals surface area contributed by atoms with E-state index in [9.17, 15) is 14.9 Å². The third-order valence-electron chi connectivity index (χ3n) is 3.58. The van der Waals surface area contributed by atoms with Gasteiger partial charge in [-0.1, -0.05) is 48.2 Å². The molecule has 1 heterocycles. The molecule has 3 rings (SSSR count). The van der Waals surface area contributed by atoms with Gasteiger partial charge in [-0.15, -0.1) is 0 Å².